The quantitative estimate of drug-likeness (QED) is 0.882. The highest BCUT2D eigenvalue weighted by molar-refractivity contribution is 6.35. The standard InChI is InChI=1S/C12H17Cl2NO/c1-15(2)7-6-9(16)8-10-11(13)4-3-5-12(10)14/h3-5,9,16H,6-8H2,1-2H3. The zero-order chi connectivity index (χ0) is 12.1. The summed E-state index contributed by atoms with van der Waals surface area (Å²) in [6.45, 7) is 0.850. The second-order valence-electron chi connectivity index (χ2n) is 4.15. The first kappa shape index (κ1) is 13.8. The van der Waals surface area contributed by atoms with E-state index in [0.717, 1.165) is 12.1 Å². The molecular formula is C12H17Cl2NO. The van der Waals surface area contributed by atoms with Gasteiger partial charge in [-0.1, -0.05) is 29.3 Å². The van der Waals surface area contributed by atoms with Crippen molar-refractivity contribution >= 4 is 23.2 Å². The second kappa shape index (κ2) is 6.45. The van der Waals surface area contributed by atoms with Gasteiger partial charge in [-0.25, -0.2) is 0 Å². The van der Waals surface area contributed by atoms with E-state index in [1.807, 2.05) is 19.0 Å². The van der Waals surface area contributed by atoms with Gasteiger partial charge in [-0.05, 0) is 44.8 Å². The summed E-state index contributed by atoms with van der Waals surface area (Å²) in [4.78, 5) is 2.04. The van der Waals surface area contributed by atoms with Crippen molar-refractivity contribution < 1.29 is 5.11 Å². The van der Waals surface area contributed by atoms with Crippen molar-refractivity contribution in [3.05, 3.63) is 33.8 Å². The Morgan fingerprint density at radius 3 is 2.31 bits per heavy atom. The van der Waals surface area contributed by atoms with Gasteiger partial charge in [-0.15, -0.1) is 0 Å². The number of halogens is 2. The Hall–Kier alpha value is -0.280. The average Bonchev–Trinajstić information content (AvgIpc) is 2.21. The Balaban J connectivity index is 2.59. The van der Waals surface area contributed by atoms with Gasteiger partial charge in [0.2, 0.25) is 0 Å². The van der Waals surface area contributed by atoms with Crippen molar-refractivity contribution in [2.24, 2.45) is 0 Å². The molecule has 90 valence electrons. The molecule has 0 aliphatic heterocycles. The van der Waals surface area contributed by atoms with E-state index in [-0.39, 0.29) is 0 Å². The molecule has 0 aliphatic rings. The van der Waals surface area contributed by atoms with Gasteiger partial charge in [-0.3, -0.25) is 0 Å². The summed E-state index contributed by atoms with van der Waals surface area (Å²) in [6, 6.07) is 5.39. The van der Waals surface area contributed by atoms with Crippen LogP contribution < -0.4 is 0 Å². The highest BCUT2D eigenvalue weighted by atomic mass is 35.5. The number of nitrogens with zero attached hydrogens (tertiary/aromatic N) is 1. The van der Waals surface area contributed by atoms with E-state index >= 15 is 0 Å². The third-order valence-electron chi connectivity index (χ3n) is 2.41. The Bertz CT molecular complexity index is 322. The number of aliphatic hydroxyl groups is 1. The maximum atomic E-state index is 9.86. The van der Waals surface area contributed by atoms with Crippen LogP contribution >= 0.6 is 23.2 Å². The summed E-state index contributed by atoms with van der Waals surface area (Å²) in [5.41, 5.74) is 0.831. The molecule has 1 atom stereocenters. The molecule has 16 heavy (non-hydrogen) atoms. The Labute approximate surface area is 107 Å². The van der Waals surface area contributed by atoms with Crippen molar-refractivity contribution in [2.45, 2.75) is 18.9 Å². The molecule has 0 spiro atoms. The highest BCUT2D eigenvalue weighted by Crippen LogP contribution is 2.25. The van der Waals surface area contributed by atoms with Crippen molar-refractivity contribution in [2.75, 3.05) is 20.6 Å². The molecule has 4 heteroatoms. The minimum Gasteiger partial charge on any atom is -0.393 e. The minimum absolute atomic E-state index is 0.403. The number of benzene rings is 1. The molecule has 0 aliphatic carbocycles. The Kier molecular flexibility index (Phi) is 5.56. The van der Waals surface area contributed by atoms with E-state index in [9.17, 15) is 5.11 Å². The number of hydrogen-bond donors (Lipinski definition) is 1. The van der Waals surface area contributed by atoms with Crippen LogP contribution in [0.4, 0.5) is 0 Å². The van der Waals surface area contributed by atoms with Gasteiger partial charge >= 0.3 is 0 Å². The van der Waals surface area contributed by atoms with Crippen molar-refractivity contribution in [1.82, 2.24) is 4.90 Å². The Morgan fingerprint density at radius 1 is 1.25 bits per heavy atom. The zero-order valence-electron chi connectivity index (χ0n) is 9.58. The predicted molar refractivity (Wildman–Crippen MR) is 69.3 cm³/mol. The van der Waals surface area contributed by atoms with Crippen LogP contribution in [0, 0.1) is 0 Å². The minimum atomic E-state index is -0.403. The molecule has 1 rings (SSSR count). The van der Waals surface area contributed by atoms with Crippen LogP contribution in [0.15, 0.2) is 18.2 Å². The van der Waals surface area contributed by atoms with Crippen LogP contribution in [-0.4, -0.2) is 36.8 Å². The van der Waals surface area contributed by atoms with Crippen molar-refractivity contribution in [3.63, 3.8) is 0 Å². The summed E-state index contributed by atoms with van der Waals surface area (Å²) in [5, 5.41) is 11.1. The Morgan fingerprint density at radius 2 is 1.81 bits per heavy atom. The van der Waals surface area contributed by atoms with Crippen LogP contribution in [0.2, 0.25) is 10.0 Å². The van der Waals surface area contributed by atoms with Crippen LogP contribution in [0.1, 0.15) is 12.0 Å². The molecule has 0 radical (unpaired) electrons. The molecule has 0 saturated heterocycles. The summed E-state index contributed by atoms with van der Waals surface area (Å²) in [7, 11) is 3.96. The molecule has 0 saturated carbocycles. The van der Waals surface area contributed by atoms with Gasteiger partial charge < -0.3 is 10.0 Å². The van der Waals surface area contributed by atoms with Crippen LogP contribution in [-0.2, 0) is 6.42 Å². The molecular weight excluding hydrogens is 245 g/mol. The first-order valence-corrected chi connectivity index (χ1v) is 6.02. The summed E-state index contributed by atoms with van der Waals surface area (Å²) in [6.07, 6.45) is 0.820. The third-order valence-corrected chi connectivity index (χ3v) is 3.12. The van der Waals surface area contributed by atoms with E-state index in [4.69, 9.17) is 23.2 Å². The topological polar surface area (TPSA) is 23.5 Å². The molecule has 1 aromatic rings. The van der Waals surface area contributed by atoms with E-state index in [2.05, 4.69) is 0 Å². The molecule has 1 N–H and O–H groups in total. The molecule has 0 amide bonds. The maximum absolute atomic E-state index is 9.86. The van der Waals surface area contributed by atoms with E-state index < -0.39 is 6.10 Å². The maximum Gasteiger partial charge on any atom is 0.0593 e. The lowest BCUT2D eigenvalue weighted by Crippen LogP contribution is -2.21. The van der Waals surface area contributed by atoms with Gasteiger partial charge in [0, 0.05) is 16.5 Å². The lowest BCUT2D eigenvalue weighted by atomic mass is 10.1. The fourth-order valence-electron chi connectivity index (χ4n) is 1.47. The van der Waals surface area contributed by atoms with E-state index in [0.29, 0.717) is 22.9 Å². The third kappa shape index (κ3) is 4.30. The van der Waals surface area contributed by atoms with E-state index in [1.165, 1.54) is 0 Å². The van der Waals surface area contributed by atoms with Gasteiger partial charge in [0.05, 0.1) is 6.10 Å². The van der Waals surface area contributed by atoms with Crippen LogP contribution in [0.25, 0.3) is 0 Å². The normalized spacial score (nSPS) is 13.1. The number of rotatable bonds is 5. The van der Waals surface area contributed by atoms with E-state index in [1.54, 1.807) is 18.2 Å². The molecule has 1 unspecified atom stereocenters. The fraction of sp³-hybridized carbons (Fsp3) is 0.500. The molecule has 0 bridgehead atoms. The SMILES string of the molecule is CN(C)CCC(O)Cc1c(Cl)cccc1Cl. The molecule has 0 aromatic heterocycles. The summed E-state index contributed by atoms with van der Waals surface area (Å²) >= 11 is 12.1. The average molecular weight is 262 g/mol. The monoisotopic (exact) mass is 261 g/mol. The number of hydrogen-bond acceptors (Lipinski definition) is 2. The van der Waals surface area contributed by atoms with Gasteiger partial charge in [0.15, 0.2) is 0 Å². The number of aliphatic hydroxyl groups excluding tert-OH is 1. The van der Waals surface area contributed by atoms with Crippen LogP contribution in [0.5, 0.6) is 0 Å². The highest BCUT2D eigenvalue weighted by Gasteiger charge is 2.11. The lowest BCUT2D eigenvalue weighted by molar-refractivity contribution is 0.152. The summed E-state index contributed by atoms with van der Waals surface area (Å²) < 4.78 is 0. The van der Waals surface area contributed by atoms with Gasteiger partial charge in [-0.2, -0.15) is 0 Å². The molecule has 1 aromatic carbocycles. The fourth-order valence-corrected chi connectivity index (χ4v) is 2.02. The zero-order valence-corrected chi connectivity index (χ0v) is 11.1. The second-order valence-corrected chi connectivity index (χ2v) is 4.96. The first-order chi connectivity index (χ1) is 7.50. The van der Waals surface area contributed by atoms with Gasteiger partial charge in [0.25, 0.3) is 0 Å². The smallest absolute Gasteiger partial charge is 0.0593 e. The molecule has 0 fully saturated rings. The van der Waals surface area contributed by atoms with Crippen molar-refractivity contribution in [3.8, 4) is 0 Å². The van der Waals surface area contributed by atoms with Crippen LogP contribution in [0.3, 0.4) is 0 Å². The molecule has 2 nitrogen and oxygen atoms in total. The summed E-state index contributed by atoms with van der Waals surface area (Å²) in [5.74, 6) is 0. The first-order valence-electron chi connectivity index (χ1n) is 5.26. The lowest BCUT2D eigenvalue weighted by Gasteiger charge is -2.15. The molecule has 0 heterocycles. The van der Waals surface area contributed by atoms with Crippen molar-refractivity contribution in [1.29, 1.82) is 0 Å². The largest absolute Gasteiger partial charge is 0.393 e. The van der Waals surface area contributed by atoms with Gasteiger partial charge in [0.1, 0.15) is 0 Å². The predicted octanol–water partition coefficient (Wildman–Crippen LogP) is 2.85.